The molecule has 1 amide bonds. The van der Waals surface area contributed by atoms with E-state index in [4.69, 9.17) is 6.42 Å². The maximum atomic E-state index is 10.9. The molecule has 0 spiro atoms. The van der Waals surface area contributed by atoms with Crippen LogP contribution in [-0.2, 0) is 4.79 Å². The molecule has 0 radical (unpaired) electrons. The van der Waals surface area contributed by atoms with Crippen molar-refractivity contribution in [3.05, 3.63) is 0 Å². The summed E-state index contributed by atoms with van der Waals surface area (Å²) in [6.07, 6.45) is 7.49. The number of carbonyl (C=O) groups excluding carboxylic acids is 1. The second-order valence-electron chi connectivity index (χ2n) is 2.13. The number of alkyl halides is 1. The normalized spacial score (nSPS) is 8.73. The number of terminal acetylenes is 1. The number of nitrogens with one attached hydrogen (secondary N) is 1. The Labute approximate surface area is 75.9 Å². The van der Waals surface area contributed by atoms with Crippen molar-refractivity contribution in [1.29, 1.82) is 0 Å². The molecule has 62 valence electrons. The molecule has 3 heteroatoms. The average Bonchev–Trinajstić information content (AvgIpc) is 2.01. The van der Waals surface area contributed by atoms with Crippen LogP contribution < -0.4 is 5.32 Å². The van der Waals surface area contributed by atoms with Gasteiger partial charge in [-0.25, -0.2) is 0 Å². The number of hydrogen-bond acceptors (Lipinski definition) is 1. The van der Waals surface area contributed by atoms with Crippen LogP contribution in [0.15, 0.2) is 0 Å². The van der Waals surface area contributed by atoms with Crippen LogP contribution in [0.25, 0.3) is 0 Å². The summed E-state index contributed by atoms with van der Waals surface area (Å²) in [6, 6.07) is 0. The summed E-state index contributed by atoms with van der Waals surface area (Å²) in [5.41, 5.74) is 0. The quantitative estimate of drug-likeness (QED) is 0.420. The number of amides is 1. The second kappa shape index (κ2) is 7.62. The SMILES string of the molecule is C#CCNC(=O)CCCCBr. The van der Waals surface area contributed by atoms with Gasteiger partial charge in [-0.1, -0.05) is 21.9 Å². The fourth-order valence-electron chi connectivity index (χ4n) is 0.618. The number of halogens is 1. The largest absolute Gasteiger partial charge is 0.345 e. The van der Waals surface area contributed by atoms with Crippen LogP contribution in [0.1, 0.15) is 19.3 Å². The molecule has 0 aromatic heterocycles. The van der Waals surface area contributed by atoms with Gasteiger partial charge in [0.25, 0.3) is 0 Å². The zero-order chi connectivity index (χ0) is 8.53. The number of carbonyl (C=O) groups is 1. The van der Waals surface area contributed by atoms with Gasteiger partial charge in [-0.3, -0.25) is 4.79 Å². The molecule has 0 aliphatic rings. The van der Waals surface area contributed by atoms with Gasteiger partial charge in [0, 0.05) is 11.8 Å². The van der Waals surface area contributed by atoms with Crippen molar-refractivity contribution in [1.82, 2.24) is 5.32 Å². The van der Waals surface area contributed by atoms with E-state index in [0.29, 0.717) is 13.0 Å². The third-order valence-corrected chi connectivity index (χ3v) is 1.74. The average molecular weight is 218 g/mol. The van der Waals surface area contributed by atoms with Crippen LogP contribution >= 0.6 is 15.9 Å². The maximum Gasteiger partial charge on any atom is 0.220 e. The van der Waals surface area contributed by atoms with E-state index in [1.54, 1.807) is 0 Å². The van der Waals surface area contributed by atoms with Crippen molar-refractivity contribution in [3.63, 3.8) is 0 Å². The molecular weight excluding hydrogens is 206 g/mol. The Balaban J connectivity index is 3.17. The summed E-state index contributed by atoms with van der Waals surface area (Å²) in [7, 11) is 0. The van der Waals surface area contributed by atoms with Crippen LogP contribution in [0.5, 0.6) is 0 Å². The van der Waals surface area contributed by atoms with E-state index in [1.165, 1.54) is 0 Å². The van der Waals surface area contributed by atoms with E-state index in [1.807, 2.05) is 0 Å². The molecule has 0 fully saturated rings. The van der Waals surface area contributed by atoms with Gasteiger partial charge in [0.2, 0.25) is 5.91 Å². The molecule has 0 aliphatic carbocycles. The number of hydrogen-bond donors (Lipinski definition) is 1. The highest BCUT2D eigenvalue weighted by Crippen LogP contribution is 1.97. The molecule has 2 nitrogen and oxygen atoms in total. The van der Waals surface area contributed by atoms with E-state index in [0.717, 1.165) is 18.2 Å². The van der Waals surface area contributed by atoms with E-state index in [9.17, 15) is 4.79 Å². The zero-order valence-electron chi connectivity index (χ0n) is 6.40. The van der Waals surface area contributed by atoms with Gasteiger partial charge in [-0.05, 0) is 12.8 Å². The molecule has 1 N–H and O–H groups in total. The predicted octanol–water partition coefficient (Wildman–Crippen LogP) is 1.30. The summed E-state index contributed by atoms with van der Waals surface area (Å²) < 4.78 is 0. The van der Waals surface area contributed by atoms with Crippen molar-refractivity contribution < 1.29 is 4.79 Å². The molecule has 0 aromatic rings. The van der Waals surface area contributed by atoms with E-state index in [2.05, 4.69) is 27.2 Å². The highest BCUT2D eigenvalue weighted by molar-refractivity contribution is 9.09. The van der Waals surface area contributed by atoms with Crippen molar-refractivity contribution in [3.8, 4) is 12.3 Å². The Kier molecular flexibility index (Phi) is 7.28. The Bertz CT molecular complexity index is 151. The number of rotatable bonds is 5. The molecule has 0 bridgehead atoms. The Morgan fingerprint density at radius 2 is 2.27 bits per heavy atom. The maximum absolute atomic E-state index is 10.9. The molecule has 0 rings (SSSR count). The first-order valence-electron chi connectivity index (χ1n) is 3.57. The fourth-order valence-corrected chi connectivity index (χ4v) is 1.01. The third kappa shape index (κ3) is 7.41. The Hall–Kier alpha value is -0.490. The molecule has 11 heavy (non-hydrogen) atoms. The molecule has 0 atom stereocenters. The molecule has 0 aromatic carbocycles. The number of unbranched alkanes of at least 4 members (excludes halogenated alkanes) is 1. The van der Waals surface area contributed by atoms with Gasteiger partial charge < -0.3 is 5.32 Å². The van der Waals surface area contributed by atoms with E-state index >= 15 is 0 Å². The standard InChI is InChI=1S/C8H12BrNO/c1-2-7-10-8(11)5-3-4-6-9/h1H,3-7H2,(H,10,11). The lowest BCUT2D eigenvalue weighted by Crippen LogP contribution is -2.22. The van der Waals surface area contributed by atoms with Crippen molar-refractivity contribution in [2.75, 3.05) is 11.9 Å². The van der Waals surface area contributed by atoms with Gasteiger partial charge in [-0.2, -0.15) is 0 Å². The third-order valence-electron chi connectivity index (χ3n) is 1.18. The van der Waals surface area contributed by atoms with Gasteiger partial charge in [0.1, 0.15) is 0 Å². The minimum Gasteiger partial charge on any atom is -0.345 e. The minimum atomic E-state index is 0.0453. The monoisotopic (exact) mass is 217 g/mol. The van der Waals surface area contributed by atoms with Crippen molar-refractivity contribution in [2.45, 2.75) is 19.3 Å². The Morgan fingerprint density at radius 3 is 2.82 bits per heavy atom. The predicted molar refractivity (Wildman–Crippen MR) is 49.5 cm³/mol. The molecule has 0 saturated heterocycles. The summed E-state index contributed by atoms with van der Waals surface area (Å²) in [5.74, 6) is 2.39. The Morgan fingerprint density at radius 1 is 1.55 bits per heavy atom. The summed E-state index contributed by atoms with van der Waals surface area (Å²) in [6.45, 7) is 0.340. The van der Waals surface area contributed by atoms with Gasteiger partial charge in [-0.15, -0.1) is 6.42 Å². The first kappa shape index (κ1) is 10.5. The highest BCUT2D eigenvalue weighted by Gasteiger charge is 1.97. The second-order valence-corrected chi connectivity index (χ2v) is 2.92. The van der Waals surface area contributed by atoms with E-state index in [-0.39, 0.29) is 5.91 Å². The first-order valence-corrected chi connectivity index (χ1v) is 4.69. The smallest absolute Gasteiger partial charge is 0.220 e. The van der Waals surface area contributed by atoms with Crippen LogP contribution in [-0.4, -0.2) is 17.8 Å². The summed E-state index contributed by atoms with van der Waals surface area (Å²) >= 11 is 3.29. The first-order chi connectivity index (χ1) is 5.31. The lowest BCUT2D eigenvalue weighted by atomic mass is 10.2. The molecule has 0 heterocycles. The lowest BCUT2D eigenvalue weighted by Gasteiger charge is -1.98. The highest BCUT2D eigenvalue weighted by atomic mass is 79.9. The van der Waals surface area contributed by atoms with Crippen LogP contribution in [0.2, 0.25) is 0 Å². The van der Waals surface area contributed by atoms with Crippen LogP contribution in [0, 0.1) is 12.3 Å². The van der Waals surface area contributed by atoms with Crippen LogP contribution in [0.4, 0.5) is 0 Å². The van der Waals surface area contributed by atoms with Gasteiger partial charge in [0.15, 0.2) is 0 Å². The molecule has 0 saturated carbocycles. The fraction of sp³-hybridized carbons (Fsp3) is 0.625. The zero-order valence-corrected chi connectivity index (χ0v) is 7.99. The molecule has 0 unspecified atom stereocenters. The molecule has 0 aliphatic heterocycles. The lowest BCUT2D eigenvalue weighted by molar-refractivity contribution is -0.120. The minimum absolute atomic E-state index is 0.0453. The van der Waals surface area contributed by atoms with Crippen molar-refractivity contribution in [2.24, 2.45) is 0 Å². The topological polar surface area (TPSA) is 29.1 Å². The van der Waals surface area contributed by atoms with Crippen LogP contribution in [0.3, 0.4) is 0 Å². The summed E-state index contributed by atoms with van der Waals surface area (Å²) in [4.78, 5) is 10.9. The summed E-state index contributed by atoms with van der Waals surface area (Å²) in [5, 5.41) is 3.55. The van der Waals surface area contributed by atoms with Gasteiger partial charge >= 0.3 is 0 Å². The van der Waals surface area contributed by atoms with Gasteiger partial charge in [0.05, 0.1) is 6.54 Å². The molecular formula is C8H12BrNO. The van der Waals surface area contributed by atoms with Crippen molar-refractivity contribution >= 4 is 21.8 Å². The van der Waals surface area contributed by atoms with E-state index < -0.39 is 0 Å².